The number of guanidine groups is 1. The lowest BCUT2D eigenvalue weighted by Crippen LogP contribution is -2.58. The molecule has 12 N–H and O–H groups in total. The van der Waals surface area contributed by atoms with Crippen molar-refractivity contribution >= 4 is 64.1 Å². The molecule has 0 aliphatic rings. The summed E-state index contributed by atoms with van der Waals surface area (Å²) >= 11 is 4.22. The molecule has 0 radical (unpaired) electrons. The van der Waals surface area contributed by atoms with Crippen molar-refractivity contribution in [1.82, 2.24) is 25.9 Å². The van der Waals surface area contributed by atoms with Gasteiger partial charge in [-0.2, -0.15) is 12.6 Å². The third-order valence-corrected chi connectivity index (χ3v) is 7.92. The van der Waals surface area contributed by atoms with Crippen LogP contribution < -0.4 is 33.2 Å². The average molecular weight is 650 g/mol. The van der Waals surface area contributed by atoms with Gasteiger partial charge in [-0.05, 0) is 42.5 Å². The number of aromatic amines is 2. The Labute approximate surface area is 270 Å². The number of nitrogens with one attached hydrogen (secondary N) is 5. The molecule has 0 saturated carbocycles. The Morgan fingerprint density at radius 2 is 1.30 bits per heavy atom. The number of carbonyl (C=O) groups is 4. The third-order valence-electron chi connectivity index (χ3n) is 7.56. The van der Waals surface area contributed by atoms with Crippen molar-refractivity contribution in [1.29, 1.82) is 0 Å². The first kappa shape index (κ1) is 33.9. The molecule has 4 unspecified atom stereocenters. The van der Waals surface area contributed by atoms with Crippen molar-refractivity contribution < 1.29 is 24.3 Å². The normalized spacial score (nSPS) is 13.8. The number of fused-ring (bicyclic) bond motifs is 2. The van der Waals surface area contributed by atoms with E-state index < -0.39 is 47.9 Å². The molecule has 2 aromatic heterocycles. The Hall–Kier alpha value is -5.02. The summed E-state index contributed by atoms with van der Waals surface area (Å²) in [6.45, 7) is 0.187. The largest absolute Gasteiger partial charge is 0.480 e. The molecule has 0 aliphatic carbocycles. The van der Waals surface area contributed by atoms with Gasteiger partial charge in [0.15, 0.2) is 5.96 Å². The molecule has 0 fully saturated rings. The summed E-state index contributed by atoms with van der Waals surface area (Å²) in [6, 6.07) is 10.6. The highest BCUT2D eigenvalue weighted by Crippen LogP contribution is 2.21. The van der Waals surface area contributed by atoms with E-state index in [1.54, 1.807) is 12.4 Å². The predicted molar refractivity (Wildman–Crippen MR) is 179 cm³/mol. The maximum atomic E-state index is 13.7. The van der Waals surface area contributed by atoms with E-state index in [1.165, 1.54) is 0 Å². The minimum absolute atomic E-state index is 0.0542. The Balaban J connectivity index is 1.48. The number of nitrogens with two attached hydrogens (primary N) is 3. The number of amides is 3. The zero-order chi connectivity index (χ0) is 33.2. The van der Waals surface area contributed by atoms with E-state index in [0.29, 0.717) is 6.42 Å². The average Bonchev–Trinajstić information content (AvgIpc) is 3.64. The molecule has 46 heavy (non-hydrogen) atoms. The number of rotatable bonds is 16. The van der Waals surface area contributed by atoms with Crippen LogP contribution in [-0.4, -0.2) is 81.2 Å². The fourth-order valence-electron chi connectivity index (χ4n) is 5.14. The van der Waals surface area contributed by atoms with Crippen molar-refractivity contribution in [2.24, 2.45) is 22.2 Å². The van der Waals surface area contributed by atoms with E-state index in [1.807, 2.05) is 48.5 Å². The number of para-hydroxylation sites is 2. The number of carboxylic acid groups (broad SMARTS) is 1. The van der Waals surface area contributed by atoms with Gasteiger partial charge in [0.05, 0.1) is 6.04 Å². The quantitative estimate of drug-likeness (QED) is 0.0349. The molecule has 0 spiro atoms. The molecular weight excluding hydrogens is 610 g/mol. The number of hydrogen-bond acceptors (Lipinski definition) is 7. The van der Waals surface area contributed by atoms with E-state index in [-0.39, 0.29) is 37.5 Å². The first-order valence-corrected chi connectivity index (χ1v) is 15.4. The number of thiol groups is 1. The number of hydrogen-bond donors (Lipinski definition) is 10. The van der Waals surface area contributed by atoms with Crippen LogP contribution in [0.15, 0.2) is 65.9 Å². The summed E-state index contributed by atoms with van der Waals surface area (Å²) in [4.78, 5) is 62.0. The number of nitrogens with zero attached hydrogens (tertiary/aromatic N) is 1. The van der Waals surface area contributed by atoms with E-state index >= 15 is 0 Å². The Bertz CT molecular complexity index is 1710. The zero-order valence-electron chi connectivity index (χ0n) is 25.0. The SMILES string of the molecule is NC(N)=NCCCC(NC(=O)C(CS)NC(=O)C(Cc1c[nH]c2ccccc12)NC(=O)C(N)Cc1c[nH]c2ccccc12)C(=O)O. The van der Waals surface area contributed by atoms with E-state index in [9.17, 15) is 24.3 Å². The summed E-state index contributed by atoms with van der Waals surface area (Å²) in [6.07, 6.45) is 4.22. The summed E-state index contributed by atoms with van der Waals surface area (Å²) in [5, 5.41) is 19.3. The summed E-state index contributed by atoms with van der Waals surface area (Å²) in [5.74, 6) is -3.47. The number of carbonyl (C=O) groups excluding carboxylic acids is 3. The number of carboxylic acids is 1. The van der Waals surface area contributed by atoms with Gasteiger partial charge in [-0.1, -0.05) is 36.4 Å². The van der Waals surface area contributed by atoms with Gasteiger partial charge in [-0.3, -0.25) is 19.4 Å². The van der Waals surface area contributed by atoms with Gasteiger partial charge in [0.25, 0.3) is 0 Å². The molecule has 0 saturated heterocycles. The lowest BCUT2D eigenvalue weighted by atomic mass is 10.0. The van der Waals surface area contributed by atoms with E-state index in [2.05, 4.69) is 43.5 Å². The third kappa shape index (κ3) is 8.79. The summed E-state index contributed by atoms with van der Waals surface area (Å²) in [5.41, 5.74) is 20.3. The lowest BCUT2D eigenvalue weighted by Gasteiger charge is -2.24. The monoisotopic (exact) mass is 649 g/mol. The van der Waals surface area contributed by atoms with Crippen LogP contribution in [-0.2, 0) is 32.0 Å². The van der Waals surface area contributed by atoms with Crippen LogP contribution in [0.2, 0.25) is 0 Å². The van der Waals surface area contributed by atoms with E-state index in [0.717, 1.165) is 32.9 Å². The van der Waals surface area contributed by atoms with Crippen molar-refractivity contribution in [3.8, 4) is 0 Å². The molecular formula is C31H39N9O5S. The highest BCUT2D eigenvalue weighted by Gasteiger charge is 2.30. The summed E-state index contributed by atoms with van der Waals surface area (Å²) < 4.78 is 0. The standard InChI is InChI=1S/C31H39N9O5S/c32-21(12-17-14-36-22-8-3-1-6-19(17)22)27(41)39-25(13-18-15-37-23-9-4-2-7-20(18)23)28(42)40-26(16-46)29(43)38-24(30(44)45)10-5-11-35-31(33)34/h1-4,6-9,14-15,21,24-26,36-37,46H,5,10-13,16,32H2,(H,38,43)(H,39,41)(H,40,42)(H,44,45)(H4,33,34,35). The maximum Gasteiger partial charge on any atom is 0.326 e. The molecule has 14 nitrogen and oxygen atoms in total. The van der Waals surface area contributed by atoms with Gasteiger partial charge in [0.1, 0.15) is 18.1 Å². The maximum absolute atomic E-state index is 13.7. The molecule has 3 amide bonds. The minimum atomic E-state index is -1.25. The van der Waals surface area contributed by atoms with Crippen LogP contribution in [0.4, 0.5) is 0 Å². The number of aliphatic imine (C=N–C) groups is 1. The van der Waals surface area contributed by atoms with Gasteiger partial charge in [-0.15, -0.1) is 0 Å². The highest BCUT2D eigenvalue weighted by molar-refractivity contribution is 7.80. The van der Waals surface area contributed by atoms with Crippen molar-refractivity contribution in [2.45, 2.75) is 49.9 Å². The fraction of sp³-hybridized carbons (Fsp3) is 0.323. The van der Waals surface area contributed by atoms with Gasteiger partial charge in [-0.25, -0.2) is 4.79 Å². The molecule has 4 rings (SSSR count). The topological polar surface area (TPSA) is 247 Å². The van der Waals surface area contributed by atoms with E-state index in [4.69, 9.17) is 17.2 Å². The van der Waals surface area contributed by atoms with Crippen LogP contribution in [0.3, 0.4) is 0 Å². The Kier molecular flexibility index (Phi) is 11.6. The van der Waals surface area contributed by atoms with Crippen LogP contribution in [0, 0.1) is 0 Å². The van der Waals surface area contributed by atoms with Gasteiger partial charge >= 0.3 is 5.97 Å². The number of benzene rings is 2. The molecule has 4 aromatic rings. The van der Waals surface area contributed by atoms with Gasteiger partial charge in [0, 0.05) is 52.9 Å². The minimum Gasteiger partial charge on any atom is -0.480 e. The molecule has 15 heteroatoms. The number of aliphatic carboxylic acids is 1. The smallest absolute Gasteiger partial charge is 0.326 e. The Morgan fingerprint density at radius 3 is 1.87 bits per heavy atom. The van der Waals surface area contributed by atoms with Gasteiger partial charge in [0.2, 0.25) is 17.7 Å². The first-order valence-electron chi connectivity index (χ1n) is 14.7. The molecule has 4 atom stereocenters. The van der Waals surface area contributed by atoms with Crippen molar-refractivity contribution in [3.63, 3.8) is 0 Å². The molecule has 0 bridgehead atoms. The number of H-pyrrole nitrogens is 2. The van der Waals surface area contributed by atoms with Crippen LogP contribution in [0.25, 0.3) is 21.8 Å². The molecule has 0 aliphatic heterocycles. The van der Waals surface area contributed by atoms with Crippen molar-refractivity contribution in [3.05, 3.63) is 72.1 Å². The fourth-order valence-corrected chi connectivity index (χ4v) is 5.40. The second kappa shape index (κ2) is 15.8. The number of aromatic nitrogens is 2. The second-order valence-corrected chi connectivity index (χ2v) is 11.3. The van der Waals surface area contributed by atoms with Crippen LogP contribution in [0.5, 0.6) is 0 Å². The summed E-state index contributed by atoms with van der Waals surface area (Å²) in [7, 11) is 0. The molecule has 2 aromatic carbocycles. The van der Waals surface area contributed by atoms with Crippen molar-refractivity contribution in [2.75, 3.05) is 12.3 Å². The second-order valence-electron chi connectivity index (χ2n) is 10.9. The van der Waals surface area contributed by atoms with Crippen LogP contribution >= 0.6 is 12.6 Å². The molecule has 244 valence electrons. The Morgan fingerprint density at radius 1 is 0.783 bits per heavy atom. The lowest BCUT2D eigenvalue weighted by molar-refractivity contribution is -0.142. The first-order chi connectivity index (χ1) is 22.1. The molecule has 2 heterocycles. The predicted octanol–water partition coefficient (Wildman–Crippen LogP) is 0.284. The van der Waals surface area contributed by atoms with Gasteiger partial charge < -0.3 is 48.2 Å². The highest BCUT2D eigenvalue weighted by atomic mass is 32.1. The van der Waals surface area contributed by atoms with Crippen LogP contribution in [0.1, 0.15) is 24.0 Å². The zero-order valence-corrected chi connectivity index (χ0v) is 25.9.